The minimum Gasteiger partial charge on any atom is -0.353 e. The lowest BCUT2D eigenvalue weighted by molar-refractivity contribution is -0.121. The summed E-state index contributed by atoms with van der Waals surface area (Å²) in [6.45, 7) is 1.35. The van der Waals surface area contributed by atoms with Crippen molar-refractivity contribution in [1.82, 2.24) is 10.6 Å². The Kier molecular flexibility index (Phi) is 2.30. The Balaban J connectivity index is 1.84. The summed E-state index contributed by atoms with van der Waals surface area (Å²) >= 11 is 0. The van der Waals surface area contributed by atoms with Gasteiger partial charge in [0.15, 0.2) is 0 Å². The molecule has 0 aromatic heterocycles. The molecule has 0 aromatic carbocycles. The molecule has 1 aliphatic carbocycles. The van der Waals surface area contributed by atoms with Crippen molar-refractivity contribution < 1.29 is 4.79 Å². The molecule has 1 aliphatic heterocycles. The first kappa shape index (κ1) is 8.05. The van der Waals surface area contributed by atoms with E-state index in [0.717, 1.165) is 12.5 Å². The lowest BCUT2D eigenvalue weighted by atomic mass is 9.97. The summed E-state index contributed by atoms with van der Waals surface area (Å²) in [5.41, 5.74) is 0. The van der Waals surface area contributed by atoms with Crippen LogP contribution in [0.2, 0.25) is 0 Å². The van der Waals surface area contributed by atoms with Gasteiger partial charge in [-0.1, -0.05) is 12.8 Å². The second-order valence-corrected chi connectivity index (χ2v) is 3.84. The van der Waals surface area contributed by atoms with Crippen molar-refractivity contribution in [2.24, 2.45) is 5.92 Å². The zero-order chi connectivity index (χ0) is 8.39. The van der Waals surface area contributed by atoms with Gasteiger partial charge in [-0.2, -0.15) is 0 Å². The van der Waals surface area contributed by atoms with Crippen LogP contribution in [0.1, 0.15) is 25.7 Å². The first-order chi connectivity index (χ1) is 5.86. The summed E-state index contributed by atoms with van der Waals surface area (Å²) in [6.07, 6.45) is 5.43. The van der Waals surface area contributed by atoms with Gasteiger partial charge < -0.3 is 10.6 Å². The van der Waals surface area contributed by atoms with E-state index in [4.69, 9.17) is 0 Å². The quantitative estimate of drug-likeness (QED) is 0.590. The Morgan fingerprint density at radius 1 is 1.25 bits per heavy atom. The monoisotopic (exact) mass is 168 g/mol. The van der Waals surface area contributed by atoms with Crippen LogP contribution >= 0.6 is 0 Å². The second-order valence-electron chi connectivity index (χ2n) is 3.84. The van der Waals surface area contributed by atoms with Crippen molar-refractivity contribution in [3.05, 3.63) is 0 Å². The summed E-state index contributed by atoms with van der Waals surface area (Å²) in [4.78, 5) is 10.8. The lowest BCUT2D eigenvalue weighted by Gasteiger charge is -2.28. The van der Waals surface area contributed by atoms with Gasteiger partial charge in [0.2, 0.25) is 5.91 Å². The maximum absolute atomic E-state index is 10.8. The highest BCUT2D eigenvalue weighted by Gasteiger charge is 2.27. The number of amides is 1. The highest BCUT2D eigenvalue weighted by molar-refractivity contribution is 5.78. The van der Waals surface area contributed by atoms with Crippen LogP contribution in [0.4, 0.5) is 0 Å². The van der Waals surface area contributed by atoms with Crippen LogP contribution in [0.25, 0.3) is 0 Å². The first-order valence-electron chi connectivity index (χ1n) is 4.86. The number of carbonyl (C=O) groups excluding carboxylic acids is 1. The number of carbonyl (C=O) groups is 1. The van der Waals surface area contributed by atoms with E-state index < -0.39 is 0 Å². The number of piperazine rings is 1. The normalized spacial score (nSPS) is 32.0. The predicted octanol–water partition coefficient (Wildman–Crippen LogP) is 0.265. The fourth-order valence-corrected chi connectivity index (χ4v) is 2.28. The fourth-order valence-electron chi connectivity index (χ4n) is 2.28. The van der Waals surface area contributed by atoms with E-state index in [9.17, 15) is 4.79 Å². The zero-order valence-corrected chi connectivity index (χ0v) is 7.31. The third kappa shape index (κ3) is 1.61. The van der Waals surface area contributed by atoms with E-state index in [1.54, 1.807) is 0 Å². The van der Waals surface area contributed by atoms with Gasteiger partial charge in [0.1, 0.15) is 0 Å². The highest BCUT2D eigenvalue weighted by Crippen LogP contribution is 2.27. The van der Waals surface area contributed by atoms with Gasteiger partial charge in [0.05, 0.1) is 6.54 Å². The van der Waals surface area contributed by atoms with Gasteiger partial charge in [-0.25, -0.2) is 0 Å². The maximum atomic E-state index is 10.8. The standard InChI is InChI=1S/C9H16N2O/c12-9-6-10-8(5-11-9)7-3-1-2-4-7/h7-8,10H,1-6H2,(H,11,12)/t8-/m1/s1. The average molecular weight is 168 g/mol. The third-order valence-electron chi connectivity index (χ3n) is 3.01. The van der Waals surface area contributed by atoms with Gasteiger partial charge >= 0.3 is 0 Å². The molecule has 2 aliphatic rings. The van der Waals surface area contributed by atoms with E-state index >= 15 is 0 Å². The van der Waals surface area contributed by atoms with Gasteiger partial charge in [-0.05, 0) is 18.8 Å². The van der Waals surface area contributed by atoms with E-state index in [0.29, 0.717) is 12.6 Å². The summed E-state index contributed by atoms with van der Waals surface area (Å²) in [6, 6.07) is 0.546. The van der Waals surface area contributed by atoms with Crippen molar-refractivity contribution >= 4 is 5.91 Å². The lowest BCUT2D eigenvalue weighted by Crippen LogP contribution is -2.54. The van der Waals surface area contributed by atoms with Crippen molar-refractivity contribution in [2.45, 2.75) is 31.7 Å². The molecule has 2 N–H and O–H groups in total. The molecule has 2 fully saturated rings. The molecule has 1 heterocycles. The van der Waals surface area contributed by atoms with Crippen LogP contribution in [0.3, 0.4) is 0 Å². The van der Waals surface area contributed by atoms with E-state index in [2.05, 4.69) is 10.6 Å². The van der Waals surface area contributed by atoms with Crippen molar-refractivity contribution in [2.75, 3.05) is 13.1 Å². The highest BCUT2D eigenvalue weighted by atomic mass is 16.2. The fraction of sp³-hybridized carbons (Fsp3) is 0.889. The Hall–Kier alpha value is -0.570. The summed E-state index contributed by atoms with van der Waals surface area (Å²) < 4.78 is 0. The minimum atomic E-state index is 0.143. The zero-order valence-electron chi connectivity index (χ0n) is 7.31. The van der Waals surface area contributed by atoms with E-state index in [1.165, 1.54) is 25.7 Å². The maximum Gasteiger partial charge on any atom is 0.234 e. The molecular formula is C9H16N2O. The molecule has 1 atom stereocenters. The molecule has 3 heteroatoms. The molecule has 2 rings (SSSR count). The van der Waals surface area contributed by atoms with Gasteiger partial charge in [-0.3, -0.25) is 4.79 Å². The molecule has 12 heavy (non-hydrogen) atoms. The predicted molar refractivity (Wildman–Crippen MR) is 46.8 cm³/mol. The number of hydrogen-bond acceptors (Lipinski definition) is 2. The first-order valence-corrected chi connectivity index (χ1v) is 4.86. The molecule has 1 amide bonds. The number of hydrogen-bond donors (Lipinski definition) is 2. The molecule has 1 saturated heterocycles. The topological polar surface area (TPSA) is 41.1 Å². The Bertz CT molecular complexity index is 165. The molecule has 0 aromatic rings. The average Bonchev–Trinajstić information content (AvgIpc) is 2.58. The summed E-state index contributed by atoms with van der Waals surface area (Å²) in [5.74, 6) is 0.954. The van der Waals surface area contributed by atoms with Crippen molar-refractivity contribution in [3.8, 4) is 0 Å². The van der Waals surface area contributed by atoms with Gasteiger partial charge in [0.25, 0.3) is 0 Å². The molecule has 68 valence electrons. The molecule has 0 radical (unpaired) electrons. The molecule has 1 saturated carbocycles. The Labute approximate surface area is 72.9 Å². The van der Waals surface area contributed by atoms with Crippen LogP contribution in [0, 0.1) is 5.92 Å². The third-order valence-corrected chi connectivity index (χ3v) is 3.01. The Morgan fingerprint density at radius 3 is 2.58 bits per heavy atom. The van der Waals surface area contributed by atoms with Crippen LogP contribution in [0.15, 0.2) is 0 Å². The Morgan fingerprint density at radius 2 is 2.00 bits per heavy atom. The van der Waals surface area contributed by atoms with Crippen LogP contribution in [-0.4, -0.2) is 25.0 Å². The van der Waals surface area contributed by atoms with Crippen LogP contribution < -0.4 is 10.6 Å². The second kappa shape index (κ2) is 3.44. The molecule has 0 spiro atoms. The molecular weight excluding hydrogens is 152 g/mol. The van der Waals surface area contributed by atoms with Gasteiger partial charge in [-0.15, -0.1) is 0 Å². The van der Waals surface area contributed by atoms with Crippen LogP contribution in [0.5, 0.6) is 0 Å². The summed E-state index contributed by atoms with van der Waals surface area (Å²) in [7, 11) is 0. The molecule has 3 nitrogen and oxygen atoms in total. The van der Waals surface area contributed by atoms with Crippen LogP contribution in [-0.2, 0) is 4.79 Å². The SMILES string of the molecule is O=C1CN[C@@H](C2CCCC2)CN1. The van der Waals surface area contributed by atoms with Crippen molar-refractivity contribution in [1.29, 1.82) is 0 Å². The van der Waals surface area contributed by atoms with E-state index in [-0.39, 0.29) is 5.91 Å². The van der Waals surface area contributed by atoms with E-state index in [1.807, 2.05) is 0 Å². The number of nitrogens with one attached hydrogen (secondary N) is 2. The van der Waals surface area contributed by atoms with Gasteiger partial charge in [0, 0.05) is 12.6 Å². The number of rotatable bonds is 1. The largest absolute Gasteiger partial charge is 0.353 e. The molecule has 0 bridgehead atoms. The minimum absolute atomic E-state index is 0.143. The summed E-state index contributed by atoms with van der Waals surface area (Å²) in [5, 5.41) is 6.21. The smallest absolute Gasteiger partial charge is 0.234 e. The molecule has 0 unspecified atom stereocenters. The van der Waals surface area contributed by atoms with Crippen molar-refractivity contribution in [3.63, 3.8) is 0 Å².